The summed E-state index contributed by atoms with van der Waals surface area (Å²) < 4.78 is 0. The van der Waals surface area contributed by atoms with Gasteiger partial charge >= 0.3 is 0 Å². The molecule has 1 rings (SSSR count). The molecule has 3 N–H and O–H groups in total. The van der Waals surface area contributed by atoms with E-state index in [2.05, 4.69) is 17.2 Å². The average molecular weight is 188 g/mol. The molecule has 1 aromatic rings. The van der Waals surface area contributed by atoms with Gasteiger partial charge in [0.25, 0.3) is 5.91 Å². The predicted molar refractivity (Wildman–Crippen MR) is 55.3 cm³/mol. The second-order valence-electron chi connectivity index (χ2n) is 2.84. The van der Waals surface area contributed by atoms with Gasteiger partial charge in [0, 0.05) is 12.1 Å². The lowest BCUT2D eigenvalue weighted by atomic mass is 10.1. The lowest BCUT2D eigenvalue weighted by Gasteiger charge is -1.99. The molecule has 1 aromatic carbocycles. The molecule has 0 fully saturated rings. The molecule has 0 aliphatic rings. The first-order valence-electron chi connectivity index (χ1n) is 4.27. The van der Waals surface area contributed by atoms with Crippen LogP contribution >= 0.6 is 0 Å². The SMILES string of the molecule is CNCc1cccc(C#CC(N)=O)c1. The van der Waals surface area contributed by atoms with Crippen LogP contribution in [0.5, 0.6) is 0 Å². The van der Waals surface area contributed by atoms with E-state index in [-0.39, 0.29) is 0 Å². The summed E-state index contributed by atoms with van der Waals surface area (Å²) in [5.74, 6) is 4.38. The van der Waals surface area contributed by atoms with Crippen LogP contribution in [0, 0.1) is 11.8 Å². The minimum absolute atomic E-state index is 0.607. The number of carbonyl (C=O) groups is 1. The van der Waals surface area contributed by atoms with E-state index in [0.717, 1.165) is 17.7 Å². The Balaban J connectivity index is 2.85. The molecule has 14 heavy (non-hydrogen) atoms. The fraction of sp³-hybridized carbons (Fsp3) is 0.182. The van der Waals surface area contributed by atoms with Crippen LogP contribution in [-0.4, -0.2) is 13.0 Å². The highest BCUT2D eigenvalue weighted by atomic mass is 16.1. The minimum Gasteiger partial charge on any atom is -0.359 e. The fourth-order valence-corrected chi connectivity index (χ4v) is 1.10. The number of primary amides is 1. The van der Waals surface area contributed by atoms with Crippen molar-refractivity contribution in [2.45, 2.75) is 6.54 Å². The summed E-state index contributed by atoms with van der Waals surface area (Å²) in [6.45, 7) is 0.784. The third kappa shape index (κ3) is 3.30. The maximum atomic E-state index is 10.4. The molecule has 0 radical (unpaired) electrons. The van der Waals surface area contributed by atoms with Crippen molar-refractivity contribution >= 4 is 5.91 Å². The Hall–Kier alpha value is -1.79. The summed E-state index contributed by atoms with van der Waals surface area (Å²) >= 11 is 0. The van der Waals surface area contributed by atoms with Crippen LogP contribution in [0.3, 0.4) is 0 Å². The Bertz CT molecular complexity index is 388. The molecule has 0 heterocycles. The van der Waals surface area contributed by atoms with E-state index in [1.165, 1.54) is 0 Å². The van der Waals surface area contributed by atoms with Gasteiger partial charge in [0.15, 0.2) is 0 Å². The van der Waals surface area contributed by atoms with E-state index >= 15 is 0 Å². The van der Waals surface area contributed by atoms with Gasteiger partial charge in [0.1, 0.15) is 0 Å². The highest BCUT2D eigenvalue weighted by Crippen LogP contribution is 2.03. The third-order valence-electron chi connectivity index (χ3n) is 1.64. The first-order chi connectivity index (χ1) is 6.72. The van der Waals surface area contributed by atoms with Crippen molar-refractivity contribution in [1.82, 2.24) is 5.32 Å². The van der Waals surface area contributed by atoms with Crippen LogP contribution in [0.15, 0.2) is 24.3 Å². The average Bonchev–Trinajstić information content (AvgIpc) is 2.16. The second-order valence-corrected chi connectivity index (χ2v) is 2.84. The standard InChI is InChI=1S/C11H12N2O/c1-13-8-10-4-2-3-9(7-10)5-6-11(12)14/h2-4,7,13H,8H2,1H3,(H2,12,14). The molecular weight excluding hydrogens is 176 g/mol. The molecule has 0 aromatic heterocycles. The maximum absolute atomic E-state index is 10.4. The number of hydrogen-bond donors (Lipinski definition) is 2. The smallest absolute Gasteiger partial charge is 0.293 e. The zero-order valence-electron chi connectivity index (χ0n) is 8.00. The number of benzene rings is 1. The van der Waals surface area contributed by atoms with Gasteiger partial charge < -0.3 is 11.1 Å². The molecule has 3 heteroatoms. The van der Waals surface area contributed by atoms with Gasteiger partial charge in [0.2, 0.25) is 0 Å². The van der Waals surface area contributed by atoms with Crippen molar-refractivity contribution in [2.75, 3.05) is 7.05 Å². The summed E-state index contributed by atoms with van der Waals surface area (Å²) in [6, 6.07) is 7.66. The zero-order valence-corrected chi connectivity index (χ0v) is 8.00. The summed E-state index contributed by atoms with van der Waals surface area (Å²) in [7, 11) is 1.88. The Morgan fingerprint density at radius 2 is 2.36 bits per heavy atom. The Kier molecular flexibility index (Phi) is 3.71. The van der Waals surface area contributed by atoms with Gasteiger partial charge in [-0.2, -0.15) is 0 Å². The Morgan fingerprint density at radius 1 is 1.57 bits per heavy atom. The van der Waals surface area contributed by atoms with E-state index in [1.54, 1.807) is 0 Å². The molecule has 0 saturated carbocycles. The van der Waals surface area contributed by atoms with Crippen LogP contribution in [-0.2, 0) is 11.3 Å². The molecular formula is C11H12N2O. The molecule has 0 spiro atoms. The first kappa shape index (κ1) is 10.3. The van der Waals surface area contributed by atoms with Gasteiger partial charge in [0.05, 0.1) is 0 Å². The van der Waals surface area contributed by atoms with E-state index < -0.39 is 5.91 Å². The van der Waals surface area contributed by atoms with Gasteiger partial charge in [-0.15, -0.1) is 0 Å². The van der Waals surface area contributed by atoms with E-state index in [9.17, 15) is 4.79 Å². The van der Waals surface area contributed by atoms with Crippen LogP contribution in [0.25, 0.3) is 0 Å². The lowest BCUT2D eigenvalue weighted by Crippen LogP contribution is -2.06. The number of carbonyl (C=O) groups excluding carboxylic acids is 1. The van der Waals surface area contributed by atoms with Crippen molar-refractivity contribution in [3.8, 4) is 11.8 Å². The molecule has 3 nitrogen and oxygen atoms in total. The van der Waals surface area contributed by atoms with Gasteiger partial charge in [-0.25, -0.2) is 0 Å². The molecule has 0 atom stereocenters. The summed E-state index contributed by atoms with van der Waals surface area (Å²) in [6.07, 6.45) is 0. The third-order valence-corrected chi connectivity index (χ3v) is 1.64. The number of rotatable bonds is 2. The van der Waals surface area contributed by atoms with Gasteiger partial charge in [-0.3, -0.25) is 4.79 Å². The highest BCUT2D eigenvalue weighted by molar-refractivity contribution is 5.92. The van der Waals surface area contributed by atoms with Crippen molar-refractivity contribution in [1.29, 1.82) is 0 Å². The molecule has 1 amide bonds. The van der Waals surface area contributed by atoms with Crippen LogP contribution < -0.4 is 11.1 Å². The number of nitrogens with two attached hydrogens (primary N) is 1. The summed E-state index contributed by atoms with van der Waals surface area (Å²) in [5, 5.41) is 3.04. The molecule has 0 saturated heterocycles. The van der Waals surface area contributed by atoms with Crippen LogP contribution in [0.2, 0.25) is 0 Å². The van der Waals surface area contributed by atoms with Gasteiger partial charge in [-0.05, 0) is 30.7 Å². The molecule has 0 unspecified atom stereocenters. The van der Waals surface area contributed by atoms with E-state index in [4.69, 9.17) is 5.73 Å². The molecule has 72 valence electrons. The Labute approximate surface area is 83.3 Å². The molecule has 0 aliphatic carbocycles. The molecule has 0 aliphatic heterocycles. The number of nitrogens with one attached hydrogen (secondary N) is 1. The zero-order chi connectivity index (χ0) is 10.4. The predicted octanol–water partition coefficient (Wildman–Crippen LogP) is 0.243. The monoisotopic (exact) mass is 188 g/mol. The topological polar surface area (TPSA) is 55.1 Å². The fourth-order valence-electron chi connectivity index (χ4n) is 1.10. The second kappa shape index (κ2) is 5.05. The first-order valence-corrected chi connectivity index (χ1v) is 4.27. The number of hydrogen-bond acceptors (Lipinski definition) is 2. The lowest BCUT2D eigenvalue weighted by molar-refractivity contribution is -0.112. The quantitative estimate of drug-likeness (QED) is 0.653. The highest BCUT2D eigenvalue weighted by Gasteiger charge is 1.91. The maximum Gasteiger partial charge on any atom is 0.293 e. The van der Waals surface area contributed by atoms with Gasteiger partial charge in [-0.1, -0.05) is 18.1 Å². The van der Waals surface area contributed by atoms with Crippen LogP contribution in [0.4, 0.5) is 0 Å². The van der Waals surface area contributed by atoms with Crippen molar-refractivity contribution in [3.05, 3.63) is 35.4 Å². The van der Waals surface area contributed by atoms with E-state index in [1.807, 2.05) is 31.3 Å². The van der Waals surface area contributed by atoms with E-state index in [0.29, 0.717) is 0 Å². The van der Waals surface area contributed by atoms with Crippen LogP contribution in [0.1, 0.15) is 11.1 Å². The van der Waals surface area contributed by atoms with Crippen molar-refractivity contribution < 1.29 is 4.79 Å². The minimum atomic E-state index is -0.607. The normalized spacial score (nSPS) is 8.93. The summed E-state index contributed by atoms with van der Waals surface area (Å²) in [4.78, 5) is 10.4. The van der Waals surface area contributed by atoms with Crippen molar-refractivity contribution in [3.63, 3.8) is 0 Å². The number of amides is 1. The Morgan fingerprint density at radius 3 is 3.00 bits per heavy atom. The largest absolute Gasteiger partial charge is 0.359 e. The van der Waals surface area contributed by atoms with Crippen molar-refractivity contribution in [2.24, 2.45) is 5.73 Å². The molecule has 0 bridgehead atoms. The summed E-state index contributed by atoms with van der Waals surface area (Å²) in [5.41, 5.74) is 6.84.